The van der Waals surface area contributed by atoms with Crippen LogP contribution in [0, 0.1) is 0 Å². The number of halogens is 4. The van der Waals surface area contributed by atoms with E-state index in [4.69, 9.17) is 11.6 Å². The highest BCUT2D eigenvalue weighted by Crippen LogP contribution is 2.38. The van der Waals surface area contributed by atoms with E-state index in [1.54, 1.807) is 17.8 Å². The number of anilines is 3. The zero-order chi connectivity index (χ0) is 42.4. The second-order valence-corrected chi connectivity index (χ2v) is 18.7. The van der Waals surface area contributed by atoms with E-state index in [9.17, 15) is 21.6 Å². The number of hydrogen-bond acceptors (Lipinski definition) is 9. The first kappa shape index (κ1) is 42.8. The minimum atomic E-state index is -4.81. The average molecular weight is 887 g/mol. The normalized spacial score (nSPS) is 15.9. The maximum absolute atomic E-state index is 14.7. The fraction of sp³-hybridized carbons (Fsp3) is 0.304. The Morgan fingerprint density at radius 3 is 2.28 bits per heavy atom. The number of thioether (sulfide) groups is 1. The van der Waals surface area contributed by atoms with Crippen molar-refractivity contribution in [3.63, 3.8) is 0 Å². The van der Waals surface area contributed by atoms with Crippen LogP contribution in [0.3, 0.4) is 0 Å². The summed E-state index contributed by atoms with van der Waals surface area (Å²) in [7, 11) is -4.49. The minimum absolute atomic E-state index is 0.0172. The van der Waals surface area contributed by atoms with Gasteiger partial charge >= 0.3 is 6.18 Å². The molecule has 318 valence electrons. The molecular formula is C46H47ClF3N7O2S2. The van der Waals surface area contributed by atoms with Crippen molar-refractivity contribution in [2.75, 3.05) is 66.5 Å². The number of rotatable bonds is 15. The van der Waals surface area contributed by atoms with Crippen molar-refractivity contribution in [1.29, 1.82) is 0 Å². The molecule has 2 N–H and O–H groups in total. The molecule has 9 nitrogen and oxygen atoms in total. The van der Waals surface area contributed by atoms with Crippen molar-refractivity contribution in [3.05, 3.63) is 138 Å². The molecule has 0 spiro atoms. The molecule has 0 amide bonds. The SMILES string of the molecule is O=S(=O)(Nc1ncnc2cc(N3CCN(Cc4ccccc4-c4ccc(Cl)cc4)CC3)ccc12)c1ccc(N[C@H](CCN2CCCC2)CSc2ccccc2)c(C(F)(F)F)c1. The Kier molecular flexibility index (Phi) is 13.4. The fourth-order valence-corrected chi connectivity index (χ4v) is 10.2. The molecule has 0 bridgehead atoms. The summed E-state index contributed by atoms with van der Waals surface area (Å²) in [5.74, 6) is 0.521. The number of fused-ring (bicyclic) bond motifs is 1. The topological polar surface area (TPSA) is 93.7 Å². The number of piperazine rings is 1. The van der Waals surface area contributed by atoms with Crippen LogP contribution in [0.15, 0.2) is 131 Å². The number of nitrogens with one attached hydrogen (secondary N) is 2. The number of likely N-dealkylation sites (tertiary alicyclic amines) is 1. The Morgan fingerprint density at radius 2 is 1.52 bits per heavy atom. The molecule has 2 fully saturated rings. The average Bonchev–Trinajstić information content (AvgIpc) is 3.79. The fourth-order valence-electron chi connectivity index (χ4n) is 8.01. The van der Waals surface area contributed by atoms with Gasteiger partial charge in [-0.15, -0.1) is 11.8 Å². The Balaban J connectivity index is 0.947. The maximum Gasteiger partial charge on any atom is 0.418 e. The van der Waals surface area contributed by atoms with Crippen molar-refractivity contribution in [3.8, 4) is 11.1 Å². The highest BCUT2D eigenvalue weighted by molar-refractivity contribution is 7.99. The molecule has 6 aromatic rings. The third-order valence-corrected chi connectivity index (χ3v) is 14.1. The van der Waals surface area contributed by atoms with Crippen molar-refractivity contribution in [1.82, 2.24) is 19.8 Å². The number of sulfonamides is 1. The summed E-state index contributed by atoms with van der Waals surface area (Å²) in [6.07, 6.45) is -0.687. The van der Waals surface area contributed by atoms with Gasteiger partial charge in [0.2, 0.25) is 0 Å². The smallest absolute Gasteiger partial charge is 0.381 e. The van der Waals surface area contributed by atoms with Gasteiger partial charge in [0.15, 0.2) is 5.82 Å². The monoisotopic (exact) mass is 885 g/mol. The van der Waals surface area contributed by atoms with Crippen LogP contribution in [0.2, 0.25) is 5.02 Å². The van der Waals surface area contributed by atoms with Gasteiger partial charge < -0.3 is 15.1 Å². The lowest BCUT2D eigenvalue weighted by Gasteiger charge is -2.36. The Hall–Kier alpha value is -4.86. The van der Waals surface area contributed by atoms with E-state index >= 15 is 0 Å². The largest absolute Gasteiger partial charge is 0.418 e. The lowest BCUT2D eigenvalue weighted by molar-refractivity contribution is -0.137. The van der Waals surface area contributed by atoms with Crippen LogP contribution in [-0.4, -0.2) is 85.8 Å². The third-order valence-electron chi connectivity index (χ3n) is 11.3. The molecule has 0 saturated carbocycles. The van der Waals surface area contributed by atoms with Crippen LogP contribution in [0.4, 0.5) is 30.4 Å². The molecule has 2 aliphatic rings. The molecule has 0 unspecified atom stereocenters. The summed E-state index contributed by atoms with van der Waals surface area (Å²) in [5.41, 5.74) is 3.77. The van der Waals surface area contributed by atoms with E-state index in [1.807, 2.05) is 72.8 Å². The van der Waals surface area contributed by atoms with Gasteiger partial charge in [0, 0.05) is 77.7 Å². The van der Waals surface area contributed by atoms with Gasteiger partial charge in [-0.05, 0) is 110 Å². The van der Waals surface area contributed by atoms with E-state index in [0.717, 1.165) is 81.3 Å². The zero-order valence-corrected chi connectivity index (χ0v) is 35.9. The van der Waals surface area contributed by atoms with Crippen LogP contribution in [0.1, 0.15) is 30.4 Å². The molecular weight excluding hydrogens is 839 g/mol. The molecule has 5 aromatic carbocycles. The summed E-state index contributed by atoms with van der Waals surface area (Å²) in [5, 5.41) is 4.27. The summed E-state index contributed by atoms with van der Waals surface area (Å²) in [6.45, 7) is 6.75. The maximum atomic E-state index is 14.7. The quantitative estimate of drug-likeness (QED) is 0.0978. The Morgan fingerprint density at radius 1 is 0.787 bits per heavy atom. The number of nitrogens with zero attached hydrogens (tertiary/aromatic N) is 5. The Bertz CT molecular complexity index is 2540. The molecule has 8 rings (SSSR count). The molecule has 1 aromatic heterocycles. The standard InChI is InChI=1S/C46H47ClF3N7O2S2/c47-35-14-12-33(13-15-35)40-11-5-4-8-34(40)30-56-24-26-57(27-25-56)37-16-18-41-44(28-37)51-32-52-45(41)54-61(58,59)39-17-19-43(42(29-39)46(48,49)50)53-36(20-23-55-21-6-7-22-55)31-60-38-9-2-1-3-10-38/h1-5,8-19,28-29,32,36,53H,6-7,20-27,30-31H2,(H,51,52,54)/t36-/m1/s1. The molecule has 0 aliphatic carbocycles. The zero-order valence-electron chi connectivity index (χ0n) is 33.5. The van der Waals surface area contributed by atoms with E-state index in [1.165, 1.54) is 29.6 Å². The van der Waals surface area contributed by atoms with E-state index in [-0.39, 0.29) is 17.5 Å². The predicted molar refractivity (Wildman–Crippen MR) is 241 cm³/mol. The summed E-state index contributed by atoms with van der Waals surface area (Å²) >= 11 is 7.71. The lowest BCUT2D eigenvalue weighted by atomic mass is 9.99. The molecule has 61 heavy (non-hydrogen) atoms. The van der Waals surface area contributed by atoms with Crippen molar-refractivity contribution in [2.45, 2.75) is 47.8 Å². The molecule has 3 heterocycles. The van der Waals surface area contributed by atoms with E-state index < -0.39 is 26.7 Å². The van der Waals surface area contributed by atoms with Gasteiger partial charge in [-0.2, -0.15) is 13.2 Å². The van der Waals surface area contributed by atoms with Crippen molar-refractivity contribution >= 4 is 61.5 Å². The van der Waals surface area contributed by atoms with E-state index in [0.29, 0.717) is 34.2 Å². The molecule has 2 saturated heterocycles. The van der Waals surface area contributed by atoms with Gasteiger partial charge in [0.1, 0.15) is 6.33 Å². The van der Waals surface area contributed by atoms with Crippen molar-refractivity contribution < 1.29 is 21.6 Å². The van der Waals surface area contributed by atoms with Gasteiger partial charge in [-0.25, -0.2) is 18.4 Å². The van der Waals surface area contributed by atoms with Gasteiger partial charge in [0.25, 0.3) is 10.0 Å². The number of alkyl halides is 3. The van der Waals surface area contributed by atoms with Gasteiger partial charge in [-0.1, -0.05) is 66.2 Å². The molecule has 1 atom stereocenters. The summed E-state index contributed by atoms with van der Waals surface area (Å²) < 4.78 is 74.1. The highest BCUT2D eigenvalue weighted by Gasteiger charge is 2.36. The van der Waals surface area contributed by atoms with Crippen LogP contribution in [-0.2, 0) is 22.7 Å². The lowest BCUT2D eigenvalue weighted by Crippen LogP contribution is -2.46. The molecule has 15 heteroatoms. The van der Waals surface area contributed by atoms with Gasteiger partial charge in [-0.3, -0.25) is 9.62 Å². The van der Waals surface area contributed by atoms with Crippen LogP contribution < -0.4 is 14.9 Å². The van der Waals surface area contributed by atoms with Crippen LogP contribution in [0.5, 0.6) is 0 Å². The summed E-state index contributed by atoms with van der Waals surface area (Å²) in [4.78, 5) is 16.1. The number of hydrogen-bond donors (Lipinski definition) is 2. The van der Waals surface area contributed by atoms with Gasteiger partial charge in [0.05, 0.1) is 16.0 Å². The second kappa shape index (κ2) is 19.0. The second-order valence-electron chi connectivity index (χ2n) is 15.5. The van der Waals surface area contributed by atoms with E-state index in [2.05, 4.69) is 52.9 Å². The molecule has 0 radical (unpaired) electrons. The summed E-state index contributed by atoms with van der Waals surface area (Å²) in [6, 6.07) is 34.4. The first-order valence-electron chi connectivity index (χ1n) is 20.5. The predicted octanol–water partition coefficient (Wildman–Crippen LogP) is 10.2. The first-order valence-corrected chi connectivity index (χ1v) is 23.3. The number of aromatic nitrogens is 2. The highest BCUT2D eigenvalue weighted by atomic mass is 35.5. The van der Waals surface area contributed by atoms with Crippen molar-refractivity contribution in [2.24, 2.45) is 0 Å². The Labute approximate surface area is 364 Å². The van der Waals surface area contributed by atoms with Crippen LogP contribution in [0.25, 0.3) is 22.0 Å². The van der Waals surface area contributed by atoms with Crippen LogP contribution >= 0.6 is 23.4 Å². The third kappa shape index (κ3) is 10.8. The number of benzene rings is 5. The first-order chi connectivity index (χ1) is 29.5. The minimum Gasteiger partial charge on any atom is -0.381 e. The molecule has 2 aliphatic heterocycles.